The van der Waals surface area contributed by atoms with Crippen LogP contribution in [0.25, 0.3) is 5.69 Å². The van der Waals surface area contributed by atoms with Crippen molar-refractivity contribution in [2.75, 3.05) is 5.32 Å². The Morgan fingerprint density at radius 1 is 1.30 bits per heavy atom. The molecule has 2 aromatic heterocycles. The fourth-order valence-electron chi connectivity index (χ4n) is 2.16. The van der Waals surface area contributed by atoms with E-state index in [1.165, 1.54) is 10.4 Å². The van der Waals surface area contributed by atoms with E-state index in [1.54, 1.807) is 22.3 Å². The summed E-state index contributed by atoms with van der Waals surface area (Å²) < 4.78 is 1.65. The van der Waals surface area contributed by atoms with Crippen molar-refractivity contribution in [1.29, 1.82) is 0 Å². The molecule has 0 radical (unpaired) electrons. The summed E-state index contributed by atoms with van der Waals surface area (Å²) in [6.07, 6.45) is 1.59. The highest BCUT2D eigenvalue weighted by Crippen LogP contribution is 2.27. The lowest BCUT2D eigenvalue weighted by molar-refractivity contribution is 0.788. The standard InChI is InChI=1S/C14H15N5S/c1-10-6-7-20-14(10)11(2)16-12-4-3-5-13(8-12)19-9-15-17-18-19/h3-9,11,16H,1-2H3. The Labute approximate surface area is 121 Å². The van der Waals surface area contributed by atoms with Gasteiger partial charge in [0.05, 0.1) is 11.7 Å². The molecule has 1 unspecified atom stereocenters. The van der Waals surface area contributed by atoms with E-state index in [2.05, 4.69) is 46.1 Å². The van der Waals surface area contributed by atoms with E-state index < -0.39 is 0 Å². The van der Waals surface area contributed by atoms with Crippen molar-refractivity contribution in [3.05, 3.63) is 52.5 Å². The maximum Gasteiger partial charge on any atom is 0.143 e. The van der Waals surface area contributed by atoms with E-state index in [0.717, 1.165) is 11.4 Å². The van der Waals surface area contributed by atoms with Crippen molar-refractivity contribution in [1.82, 2.24) is 20.2 Å². The molecular weight excluding hydrogens is 270 g/mol. The Morgan fingerprint density at radius 2 is 2.20 bits per heavy atom. The molecule has 0 aliphatic rings. The average Bonchev–Trinajstić information content (AvgIpc) is 3.09. The quantitative estimate of drug-likeness (QED) is 0.799. The van der Waals surface area contributed by atoms with E-state index >= 15 is 0 Å². The number of thiophene rings is 1. The smallest absolute Gasteiger partial charge is 0.143 e. The summed E-state index contributed by atoms with van der Waals surface area (Å²) in [5, 5.41) is 16.9. The van der Waals surface area contributed by atoms with Crippen molar-refractivity contribution >= 4 is 17.0 Å². The monoisotopic (exact) mass is 285 g/mol. The van der Waals surface area contributed by atoms with Crippen LogP contribution in [-0.2, 0) is 0 Å². The van der Waals surface area contributed by atoms with Crippen LogP contribution in [-0.4, -0.2) is 20.2 Å². The Kier molecular flexibility index (Phi) is 3.47. The predicted octanol–water partition coefficient (Wildman–Crippen LogP) is 3.21. The summed E-state index contributed by atoms with van der Waals surface area (Å²) in [4.78, 5) is 1.36. The number of aromatic nitrogens is 4. The van der Waals surface area contributed by atoms with E-state index in [9.17, 15) is 0 Å². The first kappa shape index (κ1) is 12.8. The van der Waals surface area contributed by atoms with Crippen molar-refractivity contribution < 1.29 is 0 Å². The molecule has 0 aliphatic heterocycles. The Hall–Kier alpha value is -2.21. The highest BCUT2D eigenvalue weighted by atomic mass is 32.1. The van der Waals surface area contributed by atoms with Gasteiger partial charge < -0.3 is 5.32 Å². The molecule has 5 nitrogen and oxygen atoms in total. The lowest BCUT2D eigenvalue weighted by Crippen LogP contribution is -2.06. The van der Waals surface area contributed by atoms with E-state index in [4.69, 9.17) is 0 Å². The van der Waals surface area contributed by atoms with Crippen LogP contribution in [0, 0.1) is 6.92 Å². The number of anilines is 1. The van der Waals surface area contributed by atoms with Gasteiger partial charge in [-0.05, 0) is 59.5 Å². The van der Waals surface area contributed by atoms with Crippen molar-refractivity contribution in [3.8, 4) is 5.69 Å². The SMILES string of the molecule is Cc1ccsc1C(C)Nc1cccc(-n2cnnn2)c1. The Morgan fingerprint density at radius 3 is 2.90 bits per heavy atom. The molecule has 0 amide bonds. The second-order valence-corrected chi connectivity index (χ2v) is 5.59. The minimum atomic E-state index is 0.277. The molecule has 0 saturated heterocycles. The van der Waals surface area contributed by atoms with Crippen molar-refractivity contribution in [2.24, 2.45) is 0 Å². The Bertz CT molecular complexity index is 689. The first-order valence-corrected chi connectivity index (χ1v) is 7.26. The normalized spacial score (nSPS) is 12.3. The molecule has 1 atom stereocenters. The van der Waals surface area contributed by atoms with Crippen LogP contribution in [0.4, 0.5) is 5.69 Å². The van der Waals surface area contributed by atoms with Gasteiger partial charge in [0.15, 0.2) is 0 Å². The first-order valence-electron chi connectivity index (χ1n) is 6.38. The van der Waals surface area contributed by atoms with Crippen LogP contribution in [0.5, 0.6) is 0 Å². The summed E-state index contributed by atoms with van der Waals surface area (Å²) in [5.74, 6) is 0. The van der Waals surface area contributed by atoms with Gasteiger partial charge in [0.25, 0.3) is 0 Å². The summed E-state index contributed by atoms with van der Waals surface area (Å²) in [6, 6.07) is 10.5. The van der Waals surface area contributed by atoms with Crippen LogP contribution in [0.3, 0.4) is 0 Å². The molecule has 102 valence electrons. The summed E-state index contributed by atoms with van der Waals surface area (Å²) in [5.41, 5.74) is 3.32. The van der Waals surface area contributed by atoms with Gasteiger partial charge in [-0.1, -0.05) is 6.07 Å². The number of nitrogens with one attached hydrogen (secondary N) is 1. The van der Waals surface area contributed by atoms with Gasteiger partial charge in [0.1, 0.15) is 6.33 Å². The second kappa shape index (κ2) is 5.42. The summed E-state index contributed by atoms with van der Waals surface area (Å²) in [6.45, 7) is 4.31. The molecule has 0 saturated carbocycles. The number of hydrogen-bond acceptors (Lipinski definition) is 5. The molecule has 6 heteroatoms. The summed E-state index contributed by atoms with van der Waals surface area (Å²) in [7, 11) is 0. The third-order valence-electron chi connectivity index (χ3n) is 3.14. The average molecular weight is 285 g/mol. The van der Waals surface area contributed by atoms with Crippen LogP contribution in [0.15, 0.2) is 42.0 Å². The molecule has 2 heterocycles. The number of hydrogen-bond donors (Lipinski definition) is 1. The van der Waals surface area contributed by atoms with Gasteiger partial charge in [-0.3, -0.25) is 0 Å². The number of rotatable bonds is 4. The minimum absolute atomic E-state index is 0.277. The highest BCUT2D eigenvalue weighted by Gasteiger charge is 2.10. The predicted molar refractivity (Wildman–Crippen MR) is 80.2 cm³/mol. The van der Waals surface area contributed by atoms with Crippen LogP contribution >= 0.6 is 11.3 Å². The first-order chi connectivity index (χ1) is 9.74. The zero-order valence-corrected chi connectivity index (χ0v) is 12.1. The number of aryl methyl sites for hydroxylation is 1. The molecule has 3 rings (SSSR count). The number of tetrazole rings is 1. The zero-order chi connectivity index (χ0) is 13.9. The fourth-order valence-corrected chi connectivity index (χ4v) is 3.10. The second-order valence-electron chi connectivity index (χ2n) is 4.64. The largest absolute Gasteiger partial charge is 0.378 e. The molecule has 20 heavy (non-hydrogen) atoms. The summed E-state index contributed by atoms with van der Waals surface area (Å²) >= 11 is 1.78. The van der Waals surface area contributed by atoms with E-state index in [0.29, 0.717) is 0 Å². The van der Waals surface area contributed by atoms with E-state index in [-0.39, 0.29) is 6.04 Å². The molecular formula is C14H15N5S. The van der Waals surface area contributed by atoms with Gasteiger partial charge in [0.2, 0.25) is 0 Å². The van der Waals surface area contributed by atoms with Crippen molar-refractivity contribution in [2.45, 2.75) is 19.9 Å². The van der Waals surface area contributed by atoms with Gasteiger partial charge in [-0.25, -0.2) is 4.68 Å². The van der Waals surface area contributed by atoms with Gasteiger partial charge in [0, 0.05) is 10.6 Å². The molecule has 3 aromatic rings. The van der Waals surface area contributed by atoms with Crippen LogP contribution in [0.2, 0.25) is 0 Å². The molecule has 0 spiro atoms. The van der Waals surface area contributed by atoms with Crippen LogP contribution in [0.1, 0.15) is 23.4 Å². The molecule has 1 N–H and O–H groups in total. The third kappa shape index (κ3) is 2.55. The maximum absolute atomic E-state index is 3.90. The highest BCUT2D eigenvalue weighted by molar-refractivity contribution is 7.10. The topological polar surface area (TPSA) is 55.6 Å². The molecule has 1 aromatic carbocycles. The maximum atomic E-state index is 3.90. The molecule has 0 fully saturated rings. The van der Waals surface area contributed by atoms with Gasteiger partial charge >= 0.3 is 0 Å². The number of nitrogens with zero attached hydrogens (tertiary/aromatic N) is 4. The molecule has 0 bridgehead atoms. The minimum Gasteiger partial charge on any atom is -0.378 e. The lowest BCUT2D eigenvalue weighted by atomic mass is 10.2. The third-order valence-corrected chi connectivity index (χ3v) is 4.34. The van der Waals surface area contributed by atoms with Crippen molar-refractivity contribution in [3.63, 3.8) is 0 Å². The number of benzene rings is 1. The fraction of sp³-hybridized carbons (Fsp3) is 0.214. The lowest BCUT2D eigenvalue weighted by Gasteiger charge is -2.15. The van der Waals surface area contributed by atoms with Gasteiger partial charge in [-0.15, -0.1) is 16.4 Å². The molecule has 0 aliphatic carbocycles. The Balaban J connectivity index is 1.81. The zero-order valence-electron chi connectivity index (χ0n) is 11.3. The van der Waals surface area contributed by atoms with Gasteiger partial charge in [-0.2, -0.15) is 0 Å². The van der Waals surface area contributed by atoms with E-state index in [1.807, 2.05) is 24.3 Å². The van der Waals surface area contributed by atoms with Crippen LogP contribution < -0.4 is 5.32 Å².